The van der Waals surface area contributed by atoms with Crippen molar-refractivity contribution in [3.63, 3.8) is 0 Å². The van der Waals surface area contributed by atoms with Crippen LogP contribution < -0.4 is 0 Å². The van der Waals surface area contributed by atoms with E-state index in [0.717, 1.165) is 19.6 Å². The van der Waals surface area contributed by atoms with Gasteiger partial charge >= 0.3 is 0 Å². The predicted octanol–water partition coefficient (Wildman–Crippen LogP) is 1.13. The molecule has 0 N–H and O–H groups in total. The molecule has 1 fully saturated rings. The van der Waals surface area contributed by atoms with Gasteiger partial charge in [0, 0.05) is 26.2 Å². The number of likely N-dealkylation sites (tertiary alicyclic amines) is 1. The van der Waals surface area contributed by atoms with E-state index >= 15 is 0 Å². The summed E-state index contributed by atoms with van der Waals surface area (Å²) in [4.78, 5) is 12.9. The zero-order valence-corrected chi connectivity index (χ0v) is 11.8. The van der Waals surface area contributed by atoms with Crippen LogP contribution in [0.15, 0.2) is 6.07 Å². The summed E-state index contributed by atoms with van der Waals surface area (Å²) in [6.45, 7) is 8.87. The first-order valence-corrected chi connectivity index (χ1v) is 7.06. The highest BCUT2D eigenvalue weighted by Crippen LogP contribution is 2.16. The molecule has 19 heavy (non-hydrogen) atoms. The maximum atomic E-state index is 8.00. The van der Waals surface area contributed by atoms with Crippen molar-refractivity contribution in [3.8, 4) is 0 Å². The second kappa shape index (κ2) is 6.82. The van der Waals surface area contributed by atoms with Crippen LogP contribution in [0.25, 0.3) is 0 Å². The van der Waals surface area contributed by atoms with Gasteiger partial charge in [0.2, 0.25) is 0 Å². The fourth-order valence-corrected chi connectivity index (χ4v) is 2.93. The Bertz CT molecular complexity index is 398. The fraction of sp³-hybridized carbons (Fsp3) is 0.714. The Labute approximate surface area is 115 Å². The van der Waals surface area contributed by atoms with Crippen LogP contribution >= 0.6 is 0 Å². The minimum atomic E-state index is 1.05. The molecule has 0 atom stereocenters. The summed E-state index contributed by atoms with van der Waals surface area (Å²) < 4.78 is 2.22. The molecule has 5 nitrogen and oxygen atoms in total. The monoisotopic (exact) mass is 264 g/mol. The lowest BCUT2D eigenvalue weighted by Gasteiger charge is -2.12. The van der Waals surface area contributed by atoms with Gasteiger partial charge in [0.1, 0.15) is 6.79 Å². The Morgan fingerprint density at radius 1 is 1.16 bits per heavy atom. The number of hydrogen-bond acceptors (Lipinski definition) is 4. The van der Waals surface area contributed by atoms with Crippen molar-refractivity contribution in [1.82, 2.24) is 19.6 Å². The average Bonchev–Trinajstić information content (AvgIpc) is 3.00. The highest BCUT2D eigenvalue weighted by atomic mass is 16.1. The van der Waals surface area contributed by atoms with Gasteiger partial charge in [-0.3, -0.25) is 9.58 Å². The van der Waals surface area contributed by atoms with E-state index in [1.807, 2.05) is 6.79 Å². The smallest absolute Gasteiger partial charge is 0.106 e. The van der Waals surface area contributed by atoms with E-state index in [1.54, 1.807) is 0 Å². The second-order valence-electron chi connectivity index (χ2n) is 5.42. The van der Waals surface area contributed by atoms with E-state index in [0.29, 0.717) is 0 Å². The van der Waals surface area contributed by atoms with E-state index in [4.69, 9.17) is 9.89 Å². The molecule has 3 rings (SSSR count). The molecule has 3 heterocycles. The number of nitrogens with zero attached hydrogens (tertiary/aromatic N) is 4. The van der Waals surface area contributed by atoms with Crippen LogP contribution in [0.3, 0.4) is 0 Å². The van der Waals surface area contributed by atoms with Gasteiger partial charge in [-0.2, -0.15) is 5.10 Å². The van der Waals surface area contributed by atoms with Crippen molar-refractivity contribution in [2.75, 3.05) is 26.7 Å². The molecule has 0 bridgehead atoms. The summed E-state index contributed by atoms with van der Waals surface area (Å²) in [5.74, 6) is 0. The highest BCUT2D eigenvalue weighted by molar-refractivity contribution is 5.11. The van der Waals surface area contributed by atoms with Crippen LogP contribution in [-0.4, -0.2) is 53.1 Å². The summed E-state index contributed by atoms with van der Waals surface area (Å²) in [5.41, 5.74) is 2.65. The normalized spacial score (nSPS) is 20.5. The Morgan fingerprint density at radius 2 is 1.89 bits per heavy atom. The fourth-order valence-electron chi connectivity index (χ4n) is 2.93. The van der Waals surface area contributed by atoms with Crippen LogP contribution in [0.5, 0.6) is 0 Å². The van der Waals surface area contributed by atoms with Gasteiger partial charge in [0.25, 0.3) is 0 Å². The topological polar surface area (TPSA) is 41.4 Å². The van der Waals surface area contributed by atoms with E-state index in [9.17, 15) is 0 Å². The number of rotatable bonds is 2. The highest BCUT2D eigenvalue weighted by Gasteiger charge is 2.17. The molecule has 106 valence electrons. The van der Waals surface area contributed by atoms with Gasteiger partial charge in [0.15, 0.2) is 0 Å². The third kappa shape index (κ3) is 3.64. The van der Waals surface area contributed by atoms with Crippen molar-refractivity contribution >= 4 is 6.79 Å². The minimum absolute atomic E-state index is 1.05. The molecule has 0 amide bonds. The molecule has 1 saturated heterocycles. The molecule has 0 aliphatic carbocycles. The first-order chi connectivity index (χ1) is 9.31. The third-order valence-electron chi connectivity index (χ3n) is 3.84. The summed E-state index contributed by atoms with van der Waals surface area (Å²) in [5, 5.41) is 4.76. The van der Waals surface area contributed by atoms with Gasteiger partial charge in [-0.05, 0) is 45.5 Å². The Kier molecular flexibility index (Phi) is 5.10. The third-order valence-corrected chi connectivity index (χ3v) is 3.84. The van der Waals surface area contributed by atoms with Gasteiger partial charge in [-0.1, -0.05) is 0 Å². The summed E-state index contributed by atoms with van der Waals surface area (Å²) in [6.07, 6.45) is 3.93. The summed E-state index contributed by atoms with van der Waals surface area (Å²) >= 11 is 0. The molecule has 2 aliphatic heterocycles. The van der Waals surface area contributed by atoms with Crippen molar-refractivity contribution in [2.45, 2.75) is 38.9 Å². The zero-order valence-electron chi connectivity index (χ0n) is 11.8. The first-order valence-electron chi connectivity index (χ1n) is 7.06. The predicted molar refractivity (Wildman–Crippen MR) is 74.8 cm³/mol. The quantitative estimate of drug-likeness (QED) is 0.803. The molecule has 0 radical (unpaired) electrons. The Balaban J connectivity index is 0.000000637. The lowest BCUT2D eigenvalue weighted by atomic mass is 10.3. The number of aromatic nitrogens is 2. The Morgan fingerprint density at radius 3 is 2.63 bits per heavy atom. The first kappa shape index (κ1) is 14.2. The molecule has 5 heteroatoms. The second-order valence-corrected chi connectivity index (χ2v) is 5.42. The van der Waals surface area contributed by atoms with E-state index in [-0.39, 0.29) is 0 Å². The number of carbonyl (C=O) groups is 1. The van der Waals surface area contributed by atoms with Crippen LogP contribution in [0.2, 0.25) is 0 Å². The zero-order chi connectivity index (χ0) is 13.7. The summed E-state index contributed by atoms with van der Waals surface area (Å²) in [6, 6.07) is 2.31. The number of aryl methyl sites for hydroxylation is 1. The van der Waals surface area contributed by atoms with Crippen molar-refractivity contribution in [1.29, 1.82) is 0 Å². The molecular weight excluding hydrogens is 240 g/mol. The minimum Gasteiger partial charge on any atom is -0.307 e. The molecule has 0 aromatic carbocycles. The maximum absolute atomic E-state index is 8.00. The molecule has 0 spiro atoms. The van der Waals surface area contributed by atoms with Crippen LogP contribution in [0.1, 0.15) is 30.7 Å². The number of carbonyl (C=O) groups excluding carboxylic acids is 1. The molecule has 0 saturated carbocycles. The van der Waals surface area contributed by atoms with Crippen LogP contribution in [-0.2, 0) is 24.4 Å². The SMILES string of the molecule is C=O.CN1CCCn2nc(CN3CCCC3)cc2C1. The molecule has 0 unspecified atom stereocenters. The lowest BCUT2D eigenvalue weighted by molar-refractivity contribution is -0.0979. The molecule has 1 aromatic heterocycles. The van der Waals surface area contributed by atoms with Gasteiger partial charge in [-0.15, -0.1) is 0 Å². The molecule has 1 aromatic rings. The lowest BCUT2D eigenvalue weighted by Crippen LogP contribution is -2.19. The van der Waals surface area contributed by atoms with Crippen LogP contribution in [0, 0.1) is 0 Å². The van der Waals surface area contributed by atoms with Gasteiger partial charge < -0.3 is 9.69 Å². The van der Waals surface area contributed by atoms with E-state index in [2.05, 4.69) is 27.6 Å². The maximum Gasteiger partial charge on any atom is 0.106 e. The van der Waals surface area contributed by atoms with E-state index in [1.165, 1.54) is 50.3 Å². The van der Waals surface area contributed by atoms with Crippen molar-refractivity contribution in [3.05, 3.63) is 17.5 Å². The average molecular weight is 264 g/mol. The molecular formula is C14H24N4O. The van der Waals surface area contributed by atoms with Crippen molar-refractivity contribution in [2.24, 2.45) is 0 Å². The standard InChI is InChI=1S/C13H22N4.CH2O/c1-15-5-4-8-17-13(11-15)9-12(14-17)10-16-6-2-3-7-16;1-2/h9H,2-8,10-11H2,1H3;1H2. The number of hydrogen-bond donors (Lipinski definition) is 0. The number of fused-ring (bicyclic) bond motifs is 1. The largest absolute Gasteiger partial charge is 0.307 e. The van der Waals surface area contributed by atoms with Gasteiger partial charge in [0.05, 0.1) is 11.4 Å². The van der Waals surface area contributed by atoms with Crippen molar-refractivity contribution < 1.29 is 4.79 Å². The Hall–Kier alpha value is -1.20. The summed E-state index contributed by atoms with van der Waals surface area (Å²) in [7, 11) is 2.20. The molecule has 2 aliphatic rings. The van der Waals surface area contributed by atoms with E-state index < -0.39 is 0 Å². The van der Waals surface area contributed by atoms with Crippen LogP contribution in [0.4, 0.5) is 0 Å². The van der Waals surface area contributed by atoms with Gasteiger partial charge in [-0.25, -0.2) is 0 Å².